The third-order valence-corrected chi connectivity index (χ3v) is 14.7. The standard InChI is InChI=1S/C60H38BN3OS/c1-4-19-39(20-5-1)46-38-58-47(44-26-11-17-34-57(44)66-58)37-53(46)64(52-32-18-27-45-43-25-10-16-33-56(43)65-60(45)52)42-35-54-59-55(36-42)63(41-23-8-3-9-24-41)51-31-15-13-29-49(51)61(59)48-28-12-14-30-50(48)62(54)40-21-6-2-7-22-40/h1-38H. The Labute approximate surface area is 386 Å². The molecule has 4 heterocycles. The van der Waals surface area contributed by atoms with E-state index in [1.165, 1.54) is 47.9 Å². The average Bonchev–Trinajstić information content (AvgIpc) is 3.95. The van der Waals surface area contributed by atoms with Crippen LogP contribution in [0.25, 0.3) is 53.2 Å². The smallest absolute Gasteiger partial charge is 0.252 e. The van der Waals surface area contributed by atoms with Crippen LogP contribution in [0.4, 0.5) is 51.2 Å². The van der Waals surface area contributed by atoms with Gasteiger partial charge in [0.05, 0.1) is 17.1 Å². The number of benzene rings is 10. The summed E-state index contributed by atoms with van der Waals surface area (Å²) in [6.45, 7) is -0.00275. The molecule has 0 spiro atoms. The number of hydrogen-bond acceptors (Lipinski definition) is 5. The summed E-state index contributed by atoms with van der Waals surface area (Å²) >= 11 is 1.85. The summed E-state index contributed by atoms with van der Waals surface area (Å²) in [5.41, 5.74) is 17.7. The average molecular weight is 860 g/mol. The van der Waals surface area contributed by atoms with E-state index in [1.807, 2.05) is 11.3 Å². The quantitative estimate of drug-likeness (QED) is 0.155. The van der Waals surface area contributed by atoms with Crippen molar-refractivity contribution in [3.8, 4) is 11.1 Å². The zero-order valence-electron chi connectivity index (χ0n) is 35.7. The maximum Gasteiger partial charge on any atom is 0.252 e. The molecule has 2 aliphatic heterocycles. The molecule has 2 aliphatic rings. The Kier molecular flexibility index (Phi) is 8.21. The first-order valence-electron chi connectivity index (χ1n) is 22.5. The largest absolute Gasteiger partial charge is 0.454 e. The van der Waals surface area contributed by atoms with Crippen molar-refractivity contribution in [1.82, 2.24) is 0 Å². The Morgan fingerprint density at radius 1 is 0.409 bits per heavy atom. The topological polar surface area (TPSA) is 22.9 Å². The van der Waals surface area contributed by atoms with Crippen molar-refractivity contribution in [2.45, 2.75) is 0 Å². The lowest BCUT2D eigenvalue weighted by Crippen LogP contribution is -2.61. The SMILES string of the molecule is c1ccc(-c2cc3sc4ccccc4c3cc2N(c2cc3c4c(c2)N(c2ccccc2)c2ccccc2B4c2ccccc2N3c2ccccc2)c2cccc3c2oc2ccccc23)cc1. The molecule has 0 N–H and O–H groups in total. The van der Waals surface area contributed by atoms with Gasteiger partial charge >= 0.3 is 0 Å². The summed E-state index contributed by atoms with van der Waals surface area (Å²) in [7, 11) is 0. The predicted octanol–water partition coefficient (Wildman–Crippen LogP) is 15.2. The molecule has 0 atom stereocenters. The van der Waals surface area contributed by atoms with E-state index < -0.39 is 0 Å². The van der Waals surface area contributed by atoms with Crippen LogP contribution in [-0.4, -0.2) is 6.71 Å². The molecule has 0 fully saturated rings. The maximum absolute atomic E-state index is 7.01. The molecule has 0 unspecified atom stereocenters. The van der Waals surface area contributed by atoms with Crippen molar-refractivity contribution < 1.29 is 4.42 Å². The highest BCUT2D eigenvalue weighted by Gasteiger charge is 2.44. The van der Waals surface area contributed by atoms with E-state index in [0.29, 0.717) is 0 Å². The monoisotopic (exact) mass is 859 g/mol. The molecular formula is C60H38BN3OS. The van der Waals surface area contributed by atoms with Gasteiger partial charge in [0.2, 0.25) is 0 Å². The van der Waals surface area contributed by atoms with Crippen LogP contribution in [0.2, 0.25) is 0 Å². The van der Waals surface area contributed by atoms with Gasteiger partial charge in [0, 0.05) is 70.6 Å². The number of furan rings is 1. The minimum Gasteiger partial charge on any atom is -0.454 e. The normalized spacial score (nSPS) is 12.8. The summed E-state index contributed by atoms with van der Waals surface area (Å²) < 4.78 is 9.53. The highest BCUT2D eigenvalue weighted by molar-refractivity contribution is 7.25. The van der Waals surface area contributed by atoms with Gasteiger partial charge in [-0.05, 0) is 101 Å². The lowest BCUT2D eigenvalue weighted by Gasteiger charge is -2.45. The Balaban J connectivity index is 1.15. The van der Waals surface area contributed by atoms with Crippen LogP contribution in [0.5, 0.6) is 0 Å². The van der Waals surface area contributed by atoms with E-state index in [-0.39, 0.29) is 6.71 Å². The number of para-hydroxylation sites is 6. The van der Waals surface area contributed by atoms with Crippen molar-refractivity contribution in [3.05, 3.63) is 231 Å². The third kappa shape index (κ3) is 5.52. The minimum absolute atomic E-state index is 0.00275. The summed E-state index contributed by atoms with van der Waals surface area (Å²) in [6.07, 6.45) is 0. The lowest BCUT2D eigenvalue weighted by molar-refractivity contribution is 0.669. The molecule has 308 valence electrons. The van der Waals surface area contributed by atoms with E-state index in [1.54, 1.807) is 0 Å². The molecular weight excluding hydrogens is 822 g/mol. The molecule has 0 saturated carbocycles. The molecule has 0 radical (unpaired) electrons. The first kappa shape index (κ1) is 37.1. The second-order valence-electron chi connectivity index (χ2n) is 17.2. The summed E-state index contributed by atoms with van der Waals surface area (Å²) in [5.74, 6) is 0. The van der Waals surface area contributed by atoms with Gasteiger partial charge < -0.3 is 19.1 Å². The van der Waals surface area contributed by atoms with Crippen LogP contribution >= 0.6 is 11.3 Å². The second-order valence-corrected chi connectivity index (χ2v) is 18.3. The molecule has 0 saturated heterocycles. The highest BCUT2D eigenvalue weighted by atomic mass is 32.1. The fourth-order valence-electron chi connectivity index (χ4n) is 10.8. The molecule has 6 heteroatoms. The lowest BCUT2D eigenvalue weighted by atomic mass is 9.33. The van der Waals surface area contributed by atoms with E-state index in [2.05, 4.69) is 245 Å². The number of hydrogen-bond donors (Lipinski definition) is 0. The number of rotatable bonds is 6. The van der Waals surface area contributed by atoms with Gasteiger partial charge in [-0.15, -0.1) is 11.3 Å². The summed E-state index contributed by atoms with van der Waals surface area (Å²) in [5, 5.41) is 4.66. The van der Waals surface area contributed by atoms with Gasteiger partial charge in [-0.2, -0.15) is 0 Å². The molecule has 2 aromatic heterocycles. The van der Waals surface area contributed by atoms with Crippen LogP contribution in [0.3, 0.4) is 0 Å². The van der Waals surface area contributed by atoms with Crippen molar-refractivity contribution in [2.75, 3.05) is 14.7 Å². The zero-order valence-corrected chi connectivity index (χ0v) is 36.5. The fourth-order valence-corrected chi connectivity index (χ4v) is 12.0. The van der Waals surface area contributed by atoms with Crippen LogP contribution in [-0.2, 0) is 0 Å². The van der Waals surface area contributed by atoms with Gasteiger partial charge in [-0.1, -0.05) is 152 Å². The molecule has 14 rings (SSSR count). The Morgan fingerprint density at radius 3 is 1.65 bits per heavy atom. The molecule has 0 amide bonds. The third-order valence-electron chi connectivity index (χ3n) is 13.6. The predicted molar refractivity (Wildman–Crippen MR) is 281 cm³/mol. The Hall–Kier alpha value is -8.32. The van der Waals surface area contributed by atoms with Gasteiger partial charge in [0.1, 0.15) is 5.58 Å². The van der Waals surface area contributed by atoms with Crippen molar-refractivity contribution in [1.29, 1.82) is 0 Å². The molecule has 0 bridgehead atoms. The van der Waals surface area contributed by atoms with Crippen LogP contribution < -0.4 is 31.1 Å². The van der Waals surface area contributed by atoms with Crippen molar-refractivity contribution in [3.63, 3.8) is 0 Å². The number of thiophene rings is 1. The van der Waals surface area contributed by atoms with Gasteiger partial charge in [-0.25, -0.2) is 0 Å². The number of fused-ring (bicyclic) bond motifs is 10. The van der Waals surface area contributed by atoms with E-state index in [4.69, 9.17) is 4.42 Å². The van der Waals surface area contributed by atoms with Crippen LogP contribution in [0, 0.1) is 0 Å². The van der Waals surface area contributed by atoms with E-state index in [9.17, 15) is 0 Å². The molecule has 10 aromatic carbocycles. The molecule has 4 nitrogen and oxygen atoms in total. The zero-order chi connectivity index (χ0) is 43.3. The molecule has 0 aliphatic carbocycles. The van der Waals surface area contributed by atoms with Gasteiger partial charge in [0.15, 0.2) is 5.58 Å². The summed E-state index contributed by atoms with van der Waals surface area (Å²) in [6, 6.07) is 84.1. The highest BCUT2D eigenvalue weighted by Crippen LogP contribution is 2.52. The van der Waals surface area contributed by atoms with E-state index >= 15 is 0 Å². The van der Waals surface area contributed by atoms with Crippen molar-refractivity contribution in [2.24, 2.45) is 0 Å². The second kappa shape index (κ2) is 14.6. The maximum atomic E-state index is 7.01. The van der Waals surface area contributed by atoms with Crippen LogP contribution in [0.15, 0.2) is 235 Å². The van der Waals surface area contributed by atoms with E-state index in [0.717, 1.165) is 72.9 Å². The number of nitrogens with zero attached hydrogens (tertiary/aromatic N) is 3. The first-order chi connectivity index (χ1) is 32.8. The van der Waals surface area contributed by atoms with Gasteiger partial charge in [-0.3, -0.25) is 0 Å². The first-order valence-corrected chi connectivity index (χ1v) is 23.4. The Bertz CT molecular complexity index is 3750. The number of anilines is 9. The van der Waals surface area contributed by atoms with Crippen molar-refractivity contribution >= 4 is 128 Å². The minimum atomic E-state index is -0.00275. The Morgan fingerprint density at radius 2 is 0.970 bits per heavy atom. The summed E-state index contributed by atoms with van der Waals surface area (Å²) in [4.78, 5) is 7.45. The molecule has 12 aromatic rings. The van der Waals surface area contributed by atoms with Gasteiger partial charge in [0.25, 0.3) is 6.71 Å². The van der Waals surface area contributed by atoms with Crippen LogP contribution in [0.1, 0.15) is 0 Å². The fraction of sp³-hybridized carbons (Fsp3) is 0. The molecule has 66 heavy (non-hydrogen) atoms.